The Morgan fingerprint density at radius 2 is 2.00 bits per heavy atom. The highest BCUT2D eigenvalue weighted by Gasteiger charge is 2.35. The van der Waals surface area contributed by atoms with Gasteiger partial charge in [0.15, 0.2) is 0 Å². The minimum absolute atomic E-state index is 0.0803. The molecule has 0 saturated heterocycles. The summed E-state index contributed by atoms with van der Waals surface area (Å²) in [6, 6.07) is 10.5. The van der Waals surface area contributed by atoms with Gasteiger partial charge in [-0.05, 0) is 41.8 Å². The van der Waals surface area contributed by atoms with Crippen LogP contribution in [0.2, 0.25) is 0 Å². The molecule has 4 rings (SSSR count). The second kappa shape index (κ2) is 8.80. The number of amides is 2. The first-order valence-electron chi connectivity index (χ1n) is 9.31. The maximum absolute atomic E-state index is 13.1. The highest BCUT2D eigenvalue weighted by Crippen LogP contribution is 2.40. The monoisotopic (exact) mass is 466 g/mol. The molecule has 162 valence electrons. The lowest BCUT2D eigenvalue weighted by Crippen LogP contribution is -2.37. The number of hydrogen-bond donors (Lipinski definition) is 1. The average Bonchev–Trinajstić information content (AvgIpc) is 3.41. The van der Waals surface area contributed by atoms with Crippen LogP contribution in [0.25, 0.3) is 0 Å². The molecule has 3 aromatic rings. The van der Waals surface area contributed by atoms with Gasteiger partial charge in [0.25, 0.3) is 0 Å². The molecular weight excluding hydrogens is 449 g/mol. The zero-order chi connectivity index (χ0) is 22.0. The molecule has 1 atom stereocenters. The smallest absolute Gasteiger partial charge is 0.416 e. The van der Waals surface area contributed by atoms with Crippen LogP contribution in [0, 0.1) is 0 Å². The van der Waals surface area contributed by atoms with Gasteiger partial charge < -0.3 is 14.6 Å². The summed E-state index contributed by atoms with van der Waals surface area (Å²) in [6.07, 6.45) is -3.05. The summed E-state index contributed by atoms with van der Waals surface area (Å²) in [4.78, 5) is 28.7. The number of furan rings is 1. The number of alkyl halides is 3. The first-order chi connectivity index (χ1) is 14.8. The van der Waals surface area contributed by atoms with Crippen LogP contribution in [-0.2, 0) is 28.9 Å². The molecule has 0 radical (unpaired) electrons. The number of carbonyl (C=O) groups is 2. The van der Waals surface area contributed by atoms with Crippen LogP contribution in [0.4, 0.5) is 18.9 Å². The number of carbonyl (C=O) groups excluding carboxylic acids is 2. The Balaban J connectivity index is 1.48. The van der Waals surface area contributed by atoms with Crippen molar-refractivity contribution in [3.05, 3.63) is 70.3 Å². The zero-order valence-electron chi connectivity index (χ0n) is 16.0. The topological polar surface area (TPSA) is 62.6 Å². The molecule has 3 heterocycles. The Kier molecular flexibility index (Phi) is 6.10. The third kappa shape index (κ3) is 5.13. The van der Waals surface area contributed by atoms with E-state index in [1.54, 1.807) is 17.0 Å². The maximum Gasteiger partial charge on any atom is 0.416 e. The van der Waals surface area contributed by atoms with Crippen molar-refractivity contribution in [3.8, 4) is 0 Å². The van der Waals surface area contributed by atoms with Gasteiger partial charge in [-0.2, -0.15) is 13.2 Å². The molecule has 0 unspecified atom stereocenters. The van der Waals surface area contributed by atoms with Crippen LogP contribution in [0.3, 0.4) is 0 Å². The lowest BCUT2D eigenvalue weighted by Gasteiger charge is -2.27. The van der Waals surface area contributed by atoms with E-state index in [1.165, 1.54) is 23.7 Å². The molecular formula is C21H17F3N2O3S2. The normalized spacial score (nSPS) is 16.0. The standard InChI is InChI=1S/C21H17F3N2O3S2/c22-21(23,24)13-5-6-17-16(9-13)25-20(28)18(31-17)10-19(27)26(11-14-3-1-7-29-14)12-15-4-2-8-30-15/h1-9,18H,10-12H2,(H,25,28)/t18-/m0/s1. The van der Waals surface area contributed by atoms with Gasteiger partial charge in [0.05, 0.1) is 35.9 Å². The summed E-state index contributed by atoms with van der Waals surface area (Å²) in [5.74, 6) is -0.109. The predicted molar refractivity (Wildman–Crippen MR) is 112 cm³/mol. The van der Waals surface area contributed by atoms with Crippen LogP contribution in [0.1, 0.15) is 22.6 Å². The molecule has 0 aliphatic carbocycles. The molecule has 31 heavy (non-hydrogen) atoms. The van der Waals surface area contributed by atoms with E-state index in [9.17, 15) is 22.8 Å². The number of thioether (sulfide) groups is 1. The summed E-state index contributed by atoms with van der Waals surface area (Å²) < 4.78 is 44.1. The quantitative estimate of drug-likeness (QED) is 0.529. The number of rotatable bonds is 6. The van der Waals surface area contributed by atoms with E-state index in [-0.39, 0.29) is 24.6 Å². The van der Waals surface area contributed by atoms with Crippen molar-refractivity contribution < 1.29 is 27.2 Å². The summed E-state index contributed by atoms with van der Waals surface area (Å²) in [6.45, 7) is 0.635. The second-order valence-electron chi connectivity index (χ2n) is 6.92. The first kappa shape index (κ1) is 21.5. The fourth-order valence-corrected chi connectivity index (χ4v) is 4.96. The van der Waals surface area contributed by atoms with E-state index in [4.69, 9.17) is 4.42 Å². The van der Waals surface area contributed by atoms with Crippen molar-refractivity contribution in [1.82, 2.24) is 4.90 Å². The van der Waals surface area contributed by atoms with Crippen LogP contribution in [0.5, 0.6) is 0 Å². The summed E-state index contributed by atoms with van der Waals surface area (Å²) in [5, 5.41) is 3.69. The number of fused-ring (bicyclic) bond motifs is 1. The van der Waals surface area contributed by atoms with Crippen molar-refractivity contribution in [2.24, 2.45) is 0 Å². The molecule has 1 aliphatic rings. The van der Waals surface area contributed by atoms with Crippen molar-refractivity contribution >= 4 is 40.6 Å². The Bertz CT molecular complexity index is 1030. The lowest BCUT2D eigenvalue weighted by molar-refractivity contribution is -0.137. The van der Waals surface area contributed by atoms with Gasteiger partial charge >= 0.3 is 6.18 Å². The highest BCUT2D eigenvalue weighted by atomic mass is 32.2. The molecule has 1 aliphatic heterocycles. The summed E-state index contributed by atoms with van der Waals surface area (Å²) >= 11 is 2.62. The van der Waals surface area contributed by atoms with Gasteiger partial charge in [-0.25, -0.2) is 0 Å². The van der Waals surface area contributed by atoms with Crippen molar-refractivity contribution in [2.45, 2.75) is 35.8 Å². The number of anilines is 1. The van der Waals surface area contributed by atoms with Crippen molar-refractivity contribution in [2.75, 3.05) is 5.32 Å². The van der Waals surface area contributed by atoms with Crippen molar-refractivity contribution in [1.29, 1.82) is 0 Å². The largest absolute Gasteiger partial charge is 0.467 e. The molecule has 1 aromatic carbocycles. The van der Waals surface area contributed by atoms with Gasteiger partial charge in [0.1, 0.15) is 5.76 Å². The van der Waals surface area contributed by atoms with E-state index in [1.807, 2.05) is 17.5 Å². The number of nitrogens with zero attached hydrogens (tertiary/aromatic N) is 1. The Morgan fingerprint density at radius 3 is 2.68 bits per heavy atom. The number of thiophene rings is 1. The van der Waals surface area contributed by atoms with Gasteiger partial charge in [0, 0.05) is 16.2 Å². The lowest BCUT2D eigenvalue weighted by atomic mass is 10.1. The summed E-state index contributed by atoms with van der Waals surface area (Å²) in [7, 11) is 0. The third-order valence-corrected chi connectivity index (χ3v) is 6.83. The van der Waals surface area contributed by atoms with Gasteiger partial charge in [-0.15, -0.1) is 23.1 Å². The van der Waals surface area contributed by atoms with E-state index >= 15 is 0 Å². The predicted octanol–water partition coefficient (Wildman–Crippen LogP) is 5.39. The first-order valence-corrected chi connectivity index (χ1v) is 11.1. The third-order valence-electron chi connectivity index (χ3n) is 4.69. The van der Waals surface area contributed by atoms with Gasteiger partial charge in [0.2, 0.25) is 11.8 Å². The van der Waals surface area contributed by atoms with E-state index in [0.29, 0.717) is 17.2 Å². The molecule has 0 fully saturated rings. The fraction of sp³-hybridized carbons (Fsp3) is 0.238. The minimum atomic E-state index is -4.49. The SMILES string of the molecule is O=C1Nc2cc(C(F)(F)F)ccc2S[C@H]1CC(=O)N(Cc1ccco1)Cc1cccs1. The van der Waals surface area contributed by atoms with Crippen LogP contribution in [0.15, 0.2) is 63.4 Å². The minimum Gasteiger partial charge on any atom is -0.467 e. The molecule has 2 amide bonds. The van der Waals surface area contributed by atoms with E-state index in [0.717, 1.165) is 28.8 Å². The fourth-order valence-electron chi connectivity index (χ4n) is 3.16. The van der Waals surface area contributed by atoms with Crippen LogP contribution in [-0.4, -0.2) is 22.0 Å². The van der Waals surface area contributed by atoms with Gasteiger partial charge in [-0.3, -0.25) is 9.59 Å². The molecule has 0 bridgehead atoms. The molecule has 0 saturated carbocycles. The van der Waals surface area contributed by atoms with Crippen LogP contribution >= 0.6 is 23.1 Å². The summed E-state index contributed by atoms with van der Waals surface area (Å²) in [5.41, 5.74) is -0.721. The maximum atomic E-state index is 13.1. The van der Waals surface area contributed by atoms with Crippen molar-refractivity contribution in [3.63, 3.8) is 0 Å². The van der Waals surface area contributed by atoms with Crippen LogP contribution < -0.4 is 5.32 Å². The number of benzene rings is 1. The number of nitrogens with one attached hydrogen (secondary N) is 1. The number of hydrogen-bond acceptors (Lipinski definition) is 5. The molecule has 10 heteroatoms. The average molecular weight is 467 g/mol. The van der Waals surface area contributed by atoms with Gasteiger partial charge in [-0.1, -0.05) is 6.07 Å². The Hall–Kier alpha value is -2.72. The molecule has 1 N–H and O–H groups in total. The second-order valence-corrected chi connectivity index (χ2v) is 9.19. The number of halogens is 3. The molecule has 5 nitrogen and oxygen atoms in total. The Labute approximate surface area is 184 Å². The van der Waals surface area contributed by atoms with E-state index in [2.05, 4.69) is 5.32 Å². The Morgan fingerprint density at radius 1 is 1.16 bits per heavy atom. The molecule has 0 spiro atoms. The highest BCUT2D eigenvalue weighted by molar-refractivity contribution is 8.01. The van der Waals surface area contributed by atoms with E-state index < -0.39 is 22.9 Å². The molecule has 2 aromatic heterocycles. The zero-order valence-corrected chi connectivity index (χ0v) is 17.7.